The quantitative estimate of drug-likeness (QED) is 0.707. The van der Waals surface area contributed by atoms with Crippen LogP contribution in [0.1, 0.15) is 19.4 Å². The van der Waals surface area contributed by atoms with E-state index in [9.17, 15) is 5.11 Å². The van der Waals surface area contributed by atoms with Gasteiger partial charge in [0, 0.05) is 18.7 Å². The van der Waals surface area contributed by atoms with E-state index in [2.05, 4.69) is 0 Å². The number of ether oxygens (including phenoxy) is 3. The number of para-hydroxylation sites is 1. The number of hydrogen-bond donors (Lipinski definition) is 2. The smallest absolute Gasteiger partial charge is 0.165 e. The molecule has 0 spiro atoms. The fraction of sp³-hybridized carbons (Fsp3) is 0.571. The van der Waals surface area contributed by atoms with Crippen molar-refractivity contribution >= 4 is 0 Å². The van der Waals surface area contributed by atoms with Crippen LogP contribution >= 0.6 is 0 Å². The van der Waals surface area contributed by atoms with Gasteiger partial charge in [0.05, 0.1) is 13.2 Å². The van der Waals surface area contributed by atoms with E-state index in [1.54, 1.807) is 0 Å². The third-order valence-electron chi connectivity index (χ3n) is 2.51. The monoisotopic (exact) mass is 269 g/mol. The van der Waals surface area contributed by atoms with Crippen LogP contribution in [0.25, 0.3) is 0 Å². The standard InChI is InChI=1S/C14H23NO4/c1-3-17-9-12(16)10-19-14-11(8-15)6-5-7-13(14)18-4-2/h5-7,12,16H,3-4,8-10,15H2,1-2H3. The van der Waals surface area contributed by atoms with Crippen molar-refractivity contribution in [1.29, 1.82) is 0 Å². The molecule has 1 aromatic carbocycles. The number of hydrogen-bond acceptors (Lipinski definition) is 5. The second-order valence-electron chi connectivity index (χ2n) is 4.01. The van der Waals surface area contributed by atoms with Crippen molar-refractivity contribution in [2.45, 2.75) is 26.5 Å². The Morgan fingerprint density at radius 2 is 1.95 bits per heavy atom. The Morgan fingerprint density at radius 3 is 2.58 bits per heavy atom. The first kappa shape index (κ1) is 15.8. The molecule has 0 saturated heterocycles. The first-order chi connectivity index (χ1) is 9.22. The molecule has 1 unspecified atom stereocenters. The summed E-state index contributed by atoms with van der Waals surface area (Å²) in [5.41, 5.74) is 6.54. The molecule has 0 bridgehead atoms. The zero-order valence-electron chi connectivity index (χ0n) is 11.6. The Labute approximate surface area is 114 Å². The van der Waals surface area contributed by atoms with Gasteiger partial charge in [0.1, 0.15) is 12.7 Å². The van der Waals surface area contributed by atoms with Crippen LogP contribution in [0.4, 0.5) is 0 Å². The van der Waals surface area contributed by atoms with Gasteiger partial charge in [-0.2, -0.15) is 0 Å². The summed E-state index contributed by atoms with van der Waals surface area (Å²) in [6, 6.07) is 5.58. The lowest BCUT2D eigenvalue weighted by Gasteiger charge is -2.17. The summed E-state index contributed by atoms with van der Waals surface area (Å²) in [6.45, 7) is 5.67. The van der Waals surface area contributed by atoms with Gasteiger partial charge in [0.2, 0.25) is 0 Å². The number of aliphatic hydroxyl groups is 1. The van der Waals surface area contributed by atoms with Crippen molar-refractivity contribution in [3.8, 4) is 11.5 Å². The van der Waals surface area contributed by atoms with Crippen LogP contribution in [0.15, 0.2) is 18.2 Å². The van der Waals surface area contributed by atoms with Gasteiger partial charge in [0.25, 0.3) is 0 Å². The summed E-state index contributed by atoms with van der Waals surface area (Å²) in [4.78, 5) is 0. The highest BCUT2D eigenvalue weighted by atomic mass is 16.5. The van der Waals surface area contributed by atoms with Gasteiger partial charge in [-0.3, -0.25) is 0 Å². The zero-order chi connectivity index (χ0) is 14.1. The molecule has 1 aromatic rings. The van der Waals surface area contributed by atoms with Crippen LogP contribution in [0.2, 0.25) is 0 Å². The molecule has 0 aliphatic heterocycles. The van der Waals surface area contributed by atoms with E-state index in [-0.39, 0.29) is 13.2 Å². The lowest BCUT2D eigenvalue weighted by Crippen LogP contribution is -2.24. The molecule has 1 atom stereocenters. The summed E-state index contributed by atoms with van der Waals surface area (Å²) in [6.07, 6.45) is -0.666. The molecule has 19 heavy (non-hydrogen) atoms. The maximum absolute atomic E-state index is 9.70. The molecule has 0 radical (unpaired) electrons. The molecule has 0 amide bonds. The molecule has 0 fully saturated rings. The minimum absolute atomic E-state index is 0.150. The molecule has 0 heterocycles. The van der Waals surface area contributed by atoms with Crippen molar-refractivity contribution in [3.63, 3.8) is 0 Å². The van der Waals surface area contributed by atoms with Crippen molar-refractivity contribution in [1.82, 2.24) is 0 Å². The Kier molecular flexibility index (Phi) is 7.25. The van der Waals surface area contributed by atoms with Gasteiger partial charge in [0.15, 0.2) is 11.5 Å². The van der Waals surface area contributed by atoms with E-state index in [1.165, 1.54) is 0 Å². The lowest BCUT2D eigenvalue weighted by atomic mass is 10.2. The second kappa shape index (κ2) is 8.74. The molecule has 0 aliphatic carbocycles. The molecule has 0 saturated carbocycles. The Balaban J connectivity index is 2.69. The molecule has 0 aromatic heterocycles. The van der Waals surface area contributed by atoms with Crippen molar-refractivity contribution in [3.05, 3.63) is 23.8 Å². The van der Waals surface area contributed by atoms with E-state index in [0.717, 1.165) is 5.56 Å². The topological polar surface area (TPSA) is 73.9 Å². The Hall–Kier alpha value is -1.30. The average molecular weight is 269 g/mol. The largest absolute Gasteiger partial charge is 0.490 e. The van der Waals surface area contributed by atoms with Gasteiger partial charge < -0.3 is 25.1 Å². The molecule has 1 rings (SSSR count). The molecular formula is C14H23NO4. The van der Waals surface area contributed by atoms with Crippen molar-refractivity contribution < 1.29 is 19.3 Å². The maximum atomic E-state index is 9.70. The van der Waals surface area contributed by atoms with Crippen LogP contribution in [-0.4, -0.2) is 37.6 Å². The predicted octanol–water partition coefficient (Wildman–Crippen LogP) is 1.32. The molecule has 5 nitrogen and oxygen atoms in total. The highest BCUT2D eigenvalue weighted by molar-refractivity contribution is 5.46. The first-order valence-corrected chi connectivity index (χ1v) is 6.56. The highest BCUT2D eigenvalue weighted by Crippen LogP contribution is 2.31. The third-order valence-corrected chi connectivity index (χ3v) is 2.51. The van der Waals surface area contributed by atoms with E-state index < -0.39 is 6.10 Å². The van der Waals surface area contributed by atoms with Gasteiger partial charge in [-0.05, 0) is 19.9 Å². The fourth-order valence-corrected chi connectivity index (χ4v) is 1.64. The summed E-state index contributed by atoms with van der Waals surface area (Å²) < 4.78 is 16.3. The molecular weight excluding hydrogens is 246 g/mol. The van der Waals surface area contributed by atoms with Gasteiger partial charge in [-0.1, -0.05) is 12.1 Å². The van der Waals surface area contributed by atoms with E-state index in [4.69, 9.17) is 19.9 Å². The number of rotatable bonds is 9. The number of benzene rings is 1. The highest BCUT2D eigenvalue weighted by Gasteiger charge is 2.12. The number of nitrogens with two attached hydrogens (primary N) is 1. The van der Waals surface area contributed by atoms with E-state index in [0.29, 0.717) is 31.3 Å². The van der Waals surface area contributed by atoms with Gasteiger partial charge in [-0.15, -0.1) is 0 Å². The van der Waals surface area contributed by atoms with Crippen LogP contribution in [0.5, 0.6) is 11.5 Å². The normalized spacial score (nSPS) is 12.2. The Bertz CT molecular complexity index is 370. The third kappa shape index (κ3) is 5.06. The molecule has 5 heteroatoms. The molecule has 3 N–H and O–H groups in total. The Morgan fingerprint density at radius 1 is 1.16 bits per heavy atom. The minimum Gasteiger partial charge on any atom is -0.490 e. The van der Waals surface area contributed by atoms with Crippen molar-refractivity contribution in [2.75, 3.05) is 26.4 Å². The summed E-state index contributed by atoms with van der Waals surface area (Å²) in [5.74, 6) is 1.25. The maximum Gasteiger partial charge on any atom is 0.165 e. The SMILES string of the molecule is CCOCC(O)COc1c(CN)cccc1OCC. The summed E-state index contributed by atoms with van der Waals surface area (Å²) in [7, 11) is 0. The summed E-state index contributed by atoms with van der Waals surface area (Å²) in [5, 5.41) is 9.70. The number of aliphatic hydroxyl groups excluding tert-OH is 1. The molecule has 108 valence electrons. The second-order valence-corrected chi connectivity index (χ2v) is 4.01. The van der Waals surface area contributed by atoms with Gasteiger partial charge >= 0.3 is 0 Å². The fourth-order valence-electron chi connectivity index (χ4n) is 1.64. The van der Waals surface area contributed by atoms with E-state index >= 15 is 0 Å². The van der Waals surface area contributed by atoms with Crippen LogP contribution in [-0.2, 0) is 11.3 Å². The predicted molar refractivity (Wildman–Crippen MR) is 73.5 cm³/mol. The molecule has 0 aliphatic rings. The summed E-state index contributed by atoms with van der Waals surface area (Å²) >= 11 is 0. The average Bonchev–Trinajstić information content (AvgIpc) is 2.43. The van der Waals surface area contributed by atoms with Crippen molar-refractivity contribution in [2.24, 2.45) is 5.73 Å². The lowest BCUT2D eigenvalue weighted by molar-refractivity contribution is 0.0157. The van der Waals surface area contributed by atoms with Crippen LogP contribution in [0.3, 0.4) is 0 Å². The van der Waals surface area contributed by atoms with Gasteiger partial charge in [-0.25, -0.2) is 0 Å². The van der Waals surface area contributed by atoms with E-state index in [1.807, 2.05) is 32.0 Å². The van der Waals surface area contributed by atoms with Crippen LogP contribution in [0, 0.1) is 0 Å². The zero-order valence-corrected chi connectivity index (χ0v) is 11.6. The first-order valence-electron chi connectivity index (χ1n) is 6.56. The van der Waals surface area contributed by atoms with Crippen LogP contribution < -0.4 is 15.2 Å². The minimum atomic E-state index is -0.666.